The van der Waals surface area contributed by atoms with Crippen LogP contribution in [0.1, 0.15) is 53.5 Å². The number of hydrogen-bond donors (Lipinski definition) is 1. The molecule has 0 heterocycles. The highest BCUT2D eigenvalue weighted by atomic mass is 79.9. The van der Waals surface area contributed by atoms with E-state index in [0.29, 0.717) is 11.7 Å². The monoisotopic (exact) mass is 360 g/mol. The Bertz CT molecular complexity index is 638. The van der Waals surface area contributed by atoms with Gasteiger partial charge >= 0.3 is 0 Å². The molecular formula is C20H25BrO. The van der Waals surface area contributed by atoms with Gasteiger partial charge in [-0.15, -0.1) is 0 Å². The molecule has 0 aliphatic rings. The Kier molecular flexibility index (Phi) is 5.69. The van der Waals surface area contributed by atoms with E-state index in [2.05, 4.69) is 60.1 Å². The summed E-state index contributed by atoms with van der Waals surface area (Å²) in [4.78, 5) is 0. The standard InChI is InChI=1S/C20H25BrO/c1-5-17(18-11-14(3)20(22)15(4)12-18)8-6-16-7-9-19(21)13(2)10-16/h7,9-12,17,22H,5-6,8H2,1-4H3. The quantitative estimate of drug-likeness (QED) is 0.672. The third kappa shape index (κ3) is 3.92. The van der Waals surface area contributed by atoms with E-state index in [1.165, 1.54) is 21.2 Å². The number of phenols is 1. The van der Waals surface area contributed by atoms with Gasteiger partial charge in [0.15, 0.2) is 0 Å². The predicted octanol–water partition coefficient (Wildman–Crippen LogP) is 6.21. The second-order valence-electron chi connectivity index (χ2n) is 6.23. The fourth-order valence-corrected chi connectivity index (χ4v) is 3.28. The molecule has 0 bridgehead atoms. The Morgan fingerprint density at radius 1 is 1.00 bits per heavy atom. The number of halogens is 1. The maximum atomic E-state index is 9.95. The largest absolute Gasteiger partial charge is 0.507 e. The van der Waals surface area contributed by atoms with Crippen LogP contribution in [-0.4, -0.2) is 5.11 Å². The summed E-state index contributed by atoms with van der Waals surface area (Å²) in [5.41, 5.74) is 6.00. The van der Waals surface area contributed by atoms with E-state index in [1.807, 2.05) is 13.8 Å². The van der Waals surface area contributed by atoms with Crippen LogP contribution in [0.4, 0.5) is 0 Å². The van der Waals surface area contributed by atoms with Crippen molar-refractivity contribution in [2.45, 2.75) is 52.9 Å². The molecule has 0 aliphatic heterocycles. The van der Waals surface area contributed by atoms with Gasteiger partial charge in [-0.1, -0.05) is 47.1 Å². The summed E-state index contributed by atoms with van der Waals surface area (Å²) in [5, 5.41) is 9.95. The molecule has 22 heavy (non-hydrogen) atoms. The van der Waals surface area contributed by atoms with E-state index in [9.17, 15) is 5.11 Å². The maximum absolute atomic E-state index is 9.95. The summed E-state index contributed by atoms with van der Waals surface area (Å²) in [6.07, 6.45) is 3.35. The molecule has 118 valence electrons. The van der Waals surface area contributed by atoms with Crippen molar-refractivity contribution in [2.24, 2.45) is 0 Å². The Morgan fingerprint density at radius 2 is 1.64 bits per heavy atom. The molecule has 1 unspecified atom stereocenters. The first kappa shape index (κ1) is 17.1. The van der Waals surface area contributed by atoms with Crippen molar-refractivity contribution in [2.75, 3.05) is 0 Å². The second kappa shape index (κ2) is 7.32. The molecule has 2 rings (SSSR count). The van der Waals surface area contributed by atoms with Crippen LogP contribution in [0.15, 0.2) is 34.8 Å². The molecule has 1 atom stereocenters. The average molecular weight is 361 g/mol. The van der Waals surface area contributed by atoms with Gasteiger partial charge in [0.2, 0.25) is 0 Å². The van der Waals surface area contributed by atoms with Gasteiger partial charge in [0.1, 0.15) is 5.75 Å². The maximum Gasteiger partial charge on any atom is 0.121 e. The average Bonchev–Trinajstić information content (AvgIpc) is 2.48. The van der Waals surface area contributed by atoms with Gasteiger partial charge in [0, 0.05) is 4.47 Å². The Hall–Kier alpha value is -1.28. The van der Waals surface area contributed by atoms with Crippen molar-refractivity contribution >= 4 is 15.9 Å². The minimum absolute atomic E-state index is 0.433. The molecule has 1 N–H and O–H groups in total. The molecule has 0 radical (unpaired) electrons. The summed E-state index contributed by atoms with van der Waals surface area (Å²) >= 11 is 3.56. The second-order valence-corrected chi connectivity index (χ2v) is 7.09. The van der Waals surface area contributed by atoms with Gasteiger partial charge in [0.05, 0.1) is 0 Å². The topological polar surface area (TPSA) is 20.2 Å². The van der Waals surface area contributed by atoms with Crippen LogP contribution in [0.2, 0.25) is 0 Å². The van der Waals surface area contributed by atoms with Crippen LogP contribution in [0, 0.1) is 20.8 Å². The van der Waals surface area contributed by atoms with Crippen LogP contribution in [0.5, 0.6) is 5.75 Å². The highest BCUT2D eigenvalue weighted by molar-refractivity contribution is 9.10. The van der Waals surface area contributed by atoms with Crippen LogP contribution >= 0.6 is 15.9 Å². The normalized spacial score (nSPS) is 12.4. The third-order valence-electron chi connectivity index (χ3n) is 4.48. The number of rotatable bonds is 5. The van der Waals surface area contributed by atoms with Crippen molar-refractivity contribution in [1.29, 1.82) is 0 Å². The molecule has 0 aliphatic carbocycles. The van der Waals surface area contributed by atoms with E-state index >= 15 is 0 Å². The van der Waals surface area contributed by atoms with Gasteiger partial charge in [-0.2, -0.15) is 0 Å². The van der Waals surface area contributed by atoms with Crippen LogP contribution in [0.3, 0.4) is 0 Å². The van der Waals surface area contributed by atoms with Crippen molar-refractivity contribution in [3.63, 3.8) is 0 Å². The summed E-state index contributed by atoms with van der Waals surface area (Å²) in [6.45, 7) is 8.35. The Morgan fingerprint density at radius 3 is 2.18 bits per heavy atom. The van der Waals surface area contributed by atoms with Gasteiger partial charge in [-0.05, 0) is 79.8 Å². The molecule has 0 fully saturated rings. The highest BCUT2D eigenvalue weighted by Crippen LogP contribution is 2.31. The summed E-state index contributed by atoms with van der Waals surface area (Å²) in [6, 6.07) is 10.9. The van der Waals surface area contributed by atoms with Gasteiger partial charge in [-0.25, -0.2) is 0 Å². The highest BCUT2D eigenvalue weighted by Gasteiger charge is 2.13. The molecular weight excluding hydrogens is 336 g/mol. The third-order valence-corrected chi connectivity index (χ3v) is 5.37. The predicted molar refractivity (Wildman–Crippen MR) is 97.8 cm³/mol. The lowest BCUT2D eigenvalue weighted by Crippen LogP contribution is -2.01. The molecule has 2 heteroatoms. The first-order chi connectivity index (χ1) is 10.4. The molecule has 0 spiro atoms. The minimum atomic E-state index is 0.433. The molecule has 0 amide bonds. The van der Waals surface area contributed by atoms with Crippen LogP contribution in [-0.2, 0) is 6.42 Å². The molecule has 0 saturated carbocycles. The smallest absolute Gasteiger partial charge is 0.121 e. The minimum Gasteiger partial charge on any atom is -0.507 e. The van der Waals surface area contributed by atoms with E-state index in [4.69, 9.17) is 0 Å². The lowest BCUT2D eigenvalue weighted by molar-refractivity contribution is 0.466. The number of phenolic OH excluding ortho intramolecular Hbond substituents is 1. The summed E-state index contributed by atoms with van der Waals surface area (Å²) in [5.74, 6) is 0.976. The lowest BCUT2D eigenvalue weighted by atomic mass is 9.88. The van der Waals surface area contributed by atoms with Gasteiger partial charge < -0.3 is 5.11 Å². The summed E-state index contributed by atoms with van der Waals surface area (Å²) < 4.78 is 1.17. The molecule has 2 aromatic carbocycles. The molecule has 0 aromatic heterocycles. The van der Waals surface area contributed by atoms with E-state index in [0.717, 1.165) is 30.4 Å². The molecule has 0 saturated heterocycles. The number of aromatic hydroxyl groups is 1. The first-order valence-electron chi connectivity index (χ1n) is 7.97. The van der Waals surface area contributed by atoms with E-state index in [1.54, 1.807) is 0 Å². The molecule has 1 nitrogen and oxygen atoms in total. The van der Waals surface area contributed by atoms with Crippen molar-refractivity contribution in [1.82, 2.24) is 0 Å². The van der Waals surface area contributed by atoms with Crippen LogP contribution in [0.25, 0.3) is 0 Å². The zero-order chi connectivity index (χ0) is 16.3. The molecule has 2 aromatic rings. The van der Waals surface area contributed by atoms with E-state index in [-0.39, 0.29) is 0 Å². The Balaban J connectivity index is 2.14. The number of benzene rings is 2. The van der Waals surface area contributed by atoms with Crippen molar-refractivity contribution in [3.8, 4) is 5.75 Å². The van der Waals surface area contributed by atoms with E-state index < -0.39 is 0 Å². The lowest BCUT2D eigenvalue weighted by Gasteiger charge is -2.18. The van der Waals surface area contributed by atoms with Crippen LogP contribution < -0.4 is 0 Å². The number of hydrogen-bond acceptors (Lipinski definition) is 1. The fraction of sp³-hybridized carbons (Fsp3) is 0.400. The fourth-order valence-electron chi connectivity index (χ4n) is 3.03. The van der Waals surface area contributed by atoms with Crippen molar-refractivity contribution < 1.29 is 5.11 Å². The Labute approximate surface area is 142 Å². The summed E-state index contributed by atoms with van der Waals surface area (Å²) in [7, 11) is 0. The SMILES string of the molecule is CCC(CCc1ccc(Br)c(C)c1)c1cc(C)c(O)c(C)c1. The zero-order valence-electron chi connectivity index (χ0n) is 13.9. The van der Waals surface area contributed by atoms with Gasteiger partial charge in [-0.3, -0.25) is 0 Å². The van der Waals surface area contributed by atoms with Crippen molar-refractivity contribution in [3.05, 3.63) is 62.6 Å². The van der Waals surface area contributed by atoms with Gasteiger partial charge in [0.25, 0.3) is 0 Å². The zero-order valence-corrected chi connectivity index (χ0v) is 15.5. The number of aryl methyl sites for hydroxylation is 4. The first-order valence-corrected chi connectivity index (χ1v) is 8.76.